The average molecular weight is 733 g/mol. The van der Waals surface area contributed by atoms with Gasteiger partial charge in [-0.25, -0.2) is 28.9 Å². The summed E-state index contributed by atoms with van der Waals surface area (Å²) >= 11 is 6.26. The maximum absolute atomic E-state index is 16.3. The molecule has 4 aromatic heterocycles. The summed E-state index contributed by atoms with van der Waals surface area (Å²) < 4.78 is 68.9. The van der Waals surface area contributed by atoms with E-state index in [2.05, 4.69) is 24.9 Å². The Balaban J connectivity index is 1.20. The highest BCUT2D eigenvalue weighted by Gasteiger charge is 2.52. The Labute approximate surface area is 275 Å². The van der Waals surface area contributed by atoms with E-state index in [4.69, 9.17) is 45.1 Å². The summed E-state index contributed by atoms with van der Waals surface area (Å²) in [4.78, 5) is 42.7. The number of rotatable bonds is 3. The standard InChI is InChI=1S/C25H31FN8O9P2S2/c1-25(2,3)47-45(37)39-8-15-20(17(26)24(41-15)34-11-31-18-12(27)4-5-28-21(18)34)43-44(36,46)38-7-14-13(42-45)6-16(40-14)33-10-32-19-22(33)29-9-30-23(19)35/h4-5,9-11,13-17,20,24H,6-8H2,1-3H3,(H2,27,28)(H,36,46)(H,29,30,35)/t13-,14+,15+,16+,17+,20+,24+,44?,45?/m0/s1. The van der Waals surface area contributed by atoms with Gasteiger partial charge in [-0.15, -0.1) is 0 Å². The minimum Gasteiger partial charge on any atom is -0.397 e. The molecule has 3 aliphatic heterocycles. The number of imidazole rings is 2. The lowest BCUT2D eigenvalue weighted by atomic mass is 10.1. The van der Waals surface area contributed by atoms with Crippen LogP contribution in [-0.4, -0.2) is 87.5 Å². The normalized spacial score (nSPS) is 35.4. The van der Waals surface area contributed by atoms with Crippen molar-refractivity contribution in [1.82, 2.24) is 34.1 Å². The Morgan fingerprint density at radius 3 is 2.55 bits per heavy atom. The molecule has 3 saturated heterocycles. The fourth-order valence-electron chi connectivity index (χ4n) is 5.62. The van der Waals surface area contributed by atoms with Crippen molar-refractivity contribution in [3.63, 3.8) is 0 Å². The van der Waals surface area contributed by atoms with Gasteiger partial charge >= 0.3 is 13.5 Å². The van der Waals surface area contributed by atoms with Crippen LogP contribution >= 0.6 is 24.9 Å². The van der Waals surface area contributed by atoms with Crippen LogP contribution in [0.4, 0.5) is 10.1 Å². The molecule has 0 aromatic carbocycles. The lowest BCUT2D eigenvalue weighted by Crippen LogP contribution is -2.35. The fourth-order valence-corrected chi connectivity index (χ4v) is 11.6. The largest absolute Gasteiger partial charge is 0.397 e. The van der Waals surface area contributed by atoms with Gasteiger partial charge < -0.3 is 29.6 Å². The number of fused-ring (bicyclic) bond motifs is 4. The van der Waals surface area contributed by atoms with E-state index in [1.54, 1.807) is 10.6 Å². The van der Waals surface area contributed by atoms with Gasteiger partial charge in [0.15, 0.2) is 29.2 Å². The summed E-state index contributed by atoms with van der Waals surface area (Å²) in [6.45, 7) is -3.49. The van der Waals surface area contributed by atoms with Crippen LogP contribution in [0.1, 0.15) is 39.6 Å². The van der Waals surface area contributed by atoms with Crippen LogP contribution in [0.25, 0.3) is 22.3 Å². The maximum atomic E-state index is 16.3. The van der Waals surface area contributed by atoms with Crippen LogP contribution in [-0.2, 0) is 43.9 Å². The SMILES string of the molecule is CC(C)(C)SP1(=O)OC[C@H]2O[C@@H](n3cnc4c(N)ccnc43)[C@H](F)[C@@H]2OP(O)(=S)OC[C@H]2O[C@@H](n3cnc4c(=O)[nH]cnc43)C[C@@H]2O1. The van der Waals surface area contributed by atoms with E-state index in [0.717, 1.165) is 11.4 Å². The van der Waals surface area contributed by atoms with Gasteiger partial charge in [-0.2, -0.15) is 0 Å². The van der Waals surface area contributed by atoms with Crippen LogP contribution in [0.2, 0.25) is 0 Å². The van der Waals surface area contributed by atoms with Crippen molar-refractivity contribution >= 4 is 64.7 Å². The molecule has 0 saturated carbocycles. The lowest BCUT2D eigenvalue weighted by Gasteiger charge is -2.31. The van der Waals surface area contributed by atoms with Crippen LogP contribution < -0.4 is 11.3 Å². The van der Waals surface area contributed by atoms with Crippen LogP contribution in [0.15, 0.2) is 36.0 Å². The molecule has 7 rings (SSSR count). The van der Waals surface area contributed by atoms with Crippen LogP contribution in [0, 0.1) is 0 Å². The van der Waals surface area contributed by atoms with Crippen LogP contribution in [0.3, 0.4) is 0 Å². The van der Waals surface area contributed by atoms with Crippen molar-refractivity contribution in [2.24, 2.45) is 0 Å². The van der Waals surface area contributed by atoms with E-state index < -0.39 is 73.5 Å². The molecule has 3 fully saturated rings. The van der Waals surface area contributed by atoms with Crippen molar-refractivity contribution in [3.8, 4) is 0 Å². The molecule has 2 unspecified atom stereocenters. The molecule has 22 heteroatoms. The number of nitrogens with two attached hydrogens (primary N) is 1. The Morgan fingerprint density at radius 1 is 1.04 bits per heavy atom. The number of aromatic amines is 1. The molecule has 7 heterocycles. The number of hydrogen-bond donors (Lipinski definition) is 3. The molecule has 17 nitrogen and oxygen atoms in total. The molecule has 47 heavy (non-hydrogen) atoms. The highest BCUT2D eigenvalue weighted by atomic mass is 32.7. The zero-order chi connectivity index (χ0) is 33.3. The molecule has 0 bridgehead atoms. The van der Waals surface area contributed by atoms with Crippen molar-refractivity contribution in [1.29, 1.82) is 0 Å². The maximum Gasteiger partial charge on any atom is 0.390 e. The van der Waals surface area contributed by atoms with Crippen LogP contribution in [0.5, 0.6) is 0 Å². The first-order chi connectivity index (χ1) is 22.2. The van der Waals surface area contributed by atoms with Crippen molar-refractivity contribution in [2.75, 3.05) is 18.9 Å². The molecule has 4 aromatic rings. The zero-order valence-corrected chi connectivity index (χ0v) is 28.5. The first-order valence-corrected chi connectivity index (χ1v) is 20.0. The summed E-state index contributed by atoms with van der Waals surface area (Å²) in [5.74, 6) is 0. The Morgan fingerprint density at radius 2 is 1.77 bits per heavy atom. The minimum atomic E-state index is -4.13. The van der Waals surface area contributed by atoms with Gasteiger partial charge in [0.25, 0.3) is 5.56 Å². The van der Waals surface area contributed by atoms with Gasteiger partial charge in [-0.05, 0) is 29.3 Å². The molecule has 254 valence electrons. The van der Waals surface area contributed by atoms with Gasteiger partial charge in [0.2, 0.25) is 0 Å². The number of nitrogen functional groups attached to an aromatic ring is 1. The molecule has 0 aliphatic carbocycles. The quantitative estimate of drug-likeness (QED) is 0.258. The Kier molecular flexibility index (Phi) is 8.61. The van der Waals surface area contributed by atoms with Gasteiger partial charge in [0, 0.05) is 17.4 Å². The molecule has 9 atom stereocenters. The molecule has 0 amide bonds. The number of ether oxygens (including phenoxy) is 2. The number of halogens is 1. The fraction of sp³-hybridized carbons (Fsp3) is 0.560. The molecule has 0 radical (unpaired) electrons. The van der Waals surface area contributed by atoms with Gasteiger partial charge in [-0.3, -0.25) is 27.5 Å². The molecule has 4 N–H and O–H groups in total. The number of anilines is 1. The van der Waals surface area contributed by atoms with Gasteiger partial charge in [0.1, 0.15) is 36.2 Å². The van der Waals surface area contributed by atoms with Gasteiger partial charge in [0.05, 0.1) is 37.9 Å². The number of nitrogens with one attached hydrogen (secondary N) is 1. The third-order valence-corrected chi connectivity index (χ3v) is 13.8. The molecule has 3 aliphatic rings. The first kappa shape index (κ1) is 33.2. The Hall–Kier alpha value is -2.35. The second-order valence-electron chi connectivity index (χ2n) is 12.1. The van der Waals surface area contributed by atoms with E-state index in [0.29, 0.717) is 11.2 Å². The highest BCUT2D eigenvalue weighted by Crippen LogP contribution is 2.67. The summed E-state index contributed by atoms with van der Waals surface area (Å²) in [5, 5.41) is 0. The summed E-state index contributed by atoms with van der Waals surface area (Å²) in [6.07, 6.45) is -3.08. The number of H-pyrrole nitrogens is 1. The van der Waals surface area contributed by atoms with E-state index in [9.17, 15) is 14.3 Å². The summed E-state index contributed by atoms with van der Waals surface area (Å²) in [6, 6.07) is 1.56. The van der Waals surface area contributed by atoms with E-state index in [1.165, 1.54) is 29.7 Å². The second kappa shape index (κ2) is 12.2. The second-order valence-corrected chi connectivity index (χ2v) is 19.5. The van der Waals surface area contributed by atoms with Crippen molar-refractivity contribution in [2.45, 2.75) is 75.0 Å². The molecule has 0 spiro atoms. The number of nitrogens with zero attached hydrogens (tertiary/aromatic N) is 6. The first-order valence-electron chi connectivity index (χ1n) is 14.4. The van der Waals surface area contributed by atoms with Crippen molar-refractivity contribution < 1.29 is 41.4 Å². The third-order valence-electron chi connectivity index (χ3n) is 7.59. The predicted octanol–water partition coefficient (Wildman–Crippen LogP) is 3.34. The smallest absolute Gasteiger partial charge is 0.390 e. The number of hydrogen-bond acceptors (Lipinski definition) is 15. The monoisotopic (exact) mass is 732 g/mol. The molecular weight excluding hydrogens is 701 g/mol. The third kappa shape index (κ3) is 6.53. The molecular formula is C25H31FN8O9P2S2. The minimum absolute atomic E-state index is 0.101. The zero-order valence-electron chi connectivity index (χ0n) is 25.1. The van der Waals surface area contributed by atoms with E-state index in [1.807, 2.05) is 20.8 Å². The average Bonchev–Trinajstić information content (AvgIpc) is 3.76. The highest BCUT2D eigenvalue weighted by molar-refractivity contribution is 8.55. The number of alkyl halides is 1. The topological polar surface area (TPSA) is 213 Å². The number of pyridine rings is 1. The summed E-state index contributed by atoms with van der Waals surface area (Å²) in [7, 11) is 0. The van der Waals surface area contributed by atoms with Gasteiger partial charge in [-0.1, -0.05) is 20.8 Å². The van der Waals surface area contributed by atoms with E-state index in [-0.39, 0.29) is 29.8 Å². The lowest BCUT2D eigenvalue weighted by molar-refractivity contribution is -0.0560. The number of aromatic nitrogens is 7. The van der Waals surface area contributed by atoms with Crippen molar-refractivity contribution in [3.05, 3.63) is 41.6 Å². The van der Waals surface area contributed by atoms with E-state index >= 15 is 4.39 Å². The summed E-state index contributed by atoms with van der Waals surface area (Å²) in [5.41, 5.74) is 6.89. The Bertz CT molecular complexity index is 1970. The predicted molar refractivity (Wildman–Crippen MR) is 171 cm³/mol.